The molecule has 0 aliphatic heterocycles. The van der Waals surface area contributed by atoms with Crippen LogP contribution in [0.15, 0.2) is 0 Å². The first-order valence-electron chi connectivity index (χ1n) is 17.4. The largest absolute Gasteiger partial charge is 0.463 e. The highest BCUT2D eigenvalue weighted by molar-refractivity contribution is 5.69. The van der Waals surface area contributed by atoms with Gasteiger partial charge in [-0.1, -0.05) is 156 Å². The van der Waals surface area contributed by atoms with Gasteiger partial charge in [0.2, 0.25) is 0 Å². The molecule has 2 unspecified atom stereocenters. The van der Waals surface area contributed by atoms with E-state index in [1.54, 1.807) is 0 Å². The van der Waals surface area contributed by atoms with Crippen molar-refractivity contribution in [3.63, 3.8) is 0 Å². The van der Waals surface area contributed by atoms with Crippen molar-refractivity contribution >= 4 is 11.9 Å². The molecule has 0 spiro atoms. The lowest BCUT2D eigenvalue weighted by Crippen LogP contribution is -2.25. The number of hydrogen-bond acceptors (Lipinski definition) is 5. The summed E-state index contributed by atoms with van der Waals surface area (Å²) >= 11 is 0. The van der Waals surface area contributed by atoms with Gasteiger partial charge in [0.1, 0.15) is 19.3 Å². The van der Waals surface area contributed by atoms with Crippen LogP contribution in [0.2, 0.25) is 0 Å². The highest BCUT2D eigenvalue weighted by Gasteiger charge is 2.12. The quantitative estimate of drug-likeness (QED) is 0.0689. The van der Waals surface area contributed by atoms with Crippen molar-refractivity contribution in [1.29, 1.82) is 0 Å². The number of aliphatic hydroxyl groups excluding tert-OH is 1. The topological polar surface area (TPSA) is 72.8 Å². The first-order chi connectivity index (χ1) is 19.4. The predicted octanol–water partition coefficient (Wildman–Crippen LogP) is 10.1. The second kappa shape index (κ2) is 29.4. The molecule has 0 aromatic carbocycles. The van der Waals surface area contributed by atoms with Gasteiger partial charge in [-0.05, 0) is 24.7 Å². The molecule has 0 amide bonds. The second-order valence-electron chi connectivity index (χ2n) is 12.5. The highest BCUT2D eigenvalue weighted by Crippen LogP contribution is 2.16. The standard InChI is InChI=1S/C35H68O5/c1-5-31(3)25-21-17-13-9-7-8-10-15-19-23-27-34(37)39-29-33(36)30-40-35(38)28-24-20-16-12-11-14-18-22-26-32(4)6-2/h31-33,36H,5-30H2,1-4H3/t31?,32?,33-/m1/s1. The predicted molar refractivity (Wildman–Crippen MR) is 168 cm³/mol. The number of carbonyl (C=O) groups excluding carboxylic acids is 2. The van der Waals surface area contributed by atoms with Gasteiger partial charge in [0.15, 0.2) is 0 Å². The molecular formula is C35H68O5. The lowest BCUT2D eigenvalue weighted by atomic mass is 9.99. The van der Waals surface area contributed by atoms with E-state index in [4.69, 9.17) is 9.47 Å². The Kier molecular flexibility index (Phi) is 28.6. The monoisotopic (exact) mass is 569 g/mol. The Morgan fingerprint density at radius 2 is 0.775 bits per heavy atom. The van der Waals surface area contributed by atoms with Crippen molar-refractivity contribution in [1.82, 2.24) is 0 Å². The molecule has 0 aliphatic carbocycles. The molecule has 0 aromatic heterocycles. The van der Waals surface area contributed by atoms with Crippen LogP contribution in [0.3, 0.4) is 0 Å². The second-order valence-corrected chi connectivity index (χ2v) is 12.5. The van der Waals surface area contributed by atoms with Crippen LogP contribution >= 0.6 is 0 Å². The maximum atomic E-state index is 11.9. The molecule has 5 heteroatoms. The lowest BCUT2D eigenvalue weighted by molar-refractivity contribution is -0.152. The van der Waals surface area contributed by atoms with E-state index in [1.165, 1.54) is 109 Å². The molecule has 3 atom stereocenters. The maximum Gasteiger partial charge on any atom is 0.305 e. The Morgan fingerprint density at radius 1 is 0.500 bits per heavy atom. The van der Waals surface area contributed by atoms with E-state index in [0.717, 1.165) is 43.9 Å². The third-order valence-corrected chi connectivity index (χ3v) is 8.42. The fourth-order valence-electron chi connectivity index (χ4n) is 4.98. The van der Waals surface area contributed by atoms with Crippen LogP contribution in [0.1, 0.15) is 182 Å². The smallest absolute Gasteiger partial charge is 0.305 e. The van der Waals surface area contributed by atoms with E-state index < -0.39 is 6.10 Å². The summed E-state index contributed by atoms with van der Waals surface area (Å²) in [4.78, 5) is 23.8. The highest BCUT2D eigenvalue weighted by atomic mass is 16.6. The normalized spacial score (nSPS) is 13.6. The summed E-state index contributed by atoms with van der Waals surface area (Å²) in [5.74, 6) is 1.18. The molecular weight excluding hydrogens is 500 g/mol. The van der Waals surface area contributed by atoms with E-state index in [9.17, 15) is 14.7 Å². The van der Waals surface area contributed by atoms with Crippen molar-refractivity contribution in [3.8, 4) is 0 Å². The van der Waals surface area contributed by atoms with Gasteiger partial charge in [-0.2, -0.15) is 0 Å². The Hall–Kier alpha value is -1.10. The lowest BCUT2D eigenvalue weighted by Gasteiger charge is -2.12. The van der Waals surface area contributed by atoms with Crippen molar-refractivity contribution in [3.05, 3.63) is 0 Å². The number of aliphatic hydroxyl groups is 1. The fraction of sp³-hybridized carbons (Fsp3) is 0.943. The summed E-state index contributed by atoms with van der Waals surface area (Å²) in [6.45, 7) is 9.01. The van der Waals surface area contributed by atoms with Gasteiger partial charge in [0, 0.05) is 12.8 Å². The third-order valence-electron chi connectivity index (χ3n) is 8.42. The van der Waals surface area contributed by atoms with Crippen LogP contribution in [0.25, 0.3) is 0 Å². The summed E-state index contributed by atoms with van der Waals surface area (Å²) in [6, 6.07) is 0. The fourth-order valence-corrected chi connectivity index (χ4v) is 4.98. The summed E-state index contributed by atoms with van der Waals surface area (Å²) < 4.78 is 10.3. The Morgan fingerprint density at radius 3 is 1.07 bits per heavy atom. The Bertz CT molecular complexity index is 564. The van der Waals surface area contributed by atoms with Crippen LogP contribution in [-0.4, -0.2) is 36.4 Å². The van der Waals surface area contributed by atoms with E-state index in [-0.39, 0.29) is 25.2 Å². The molecule has 238 valence electrons. The van der Waals surface area contributed by atoms with Gasteiger partial charge in [0.05, 0.1) is 0 Å². The molecule has 40 heavy (non-hydrogen) atoms. The SMILES string of the molecule is CCC(C)CCCCCCCCCCCCC(=O)OC[C@@H](O)COC(=O)CCCCCCCCCCC(C)CC. The maximum absolute atomic E-state index is 11.9. The molecule has 5 nitrogen and oxygen atoms in total. The minimum Gasteiger partial charge on any atom is -0.463 e. The summed E-state index contributed by atoms with van der Waals surface area (Å²) in [5, 5.41) is 9.96. The van der Waals surface area contributed by atoms with Gasteiger partial charge in [0.25, 0.3) is 0 Å². The molecule has 0 aromatic rings. The summed E-state index contributed by atoms with van der Waals surface area (Å²) in [6.07, 6.45) is 27.1. The van der Waals surface area contributed by atoms with Crippen LogP contribution in [0, 0.1) is 11.8 Å². The molecule has 0 radical (unpaired) electrons. The van der Waals surface area contributed by atoms with Gasteiger partial charge < -0.3 is 14.6 Å². The van der Waals surface area contributed by atoms with E-state index in [2.05, 4.69) is 27.7 Å². The van der Waals surface area contributed by atoms with E-state index in [1.807, 2.05) is 0 Å². The van der Waals surface area contributed by atoms with Crippen molar-refractivity contribution in [2.75, 3.05) is 13.2 Å². The molecule has 0 saturated heterocycles. The van der Waals surface area contributed by atoms with Crippen LogP contribution in [-0.2, 0) is 19.1 Å². The molecule has 1 N–H and O–H groups in total. The Balaban J connectivity index is 3.44. The van der Waals surface area contributed by atoms with Gasteiger partial charge in [-0.15, -0.1) is 0 Å². The van der Waals surface area contributed by atoms with Crippen LogP contribution < -0.4 is 0 Å². The van der Waals surface area contributed by atoms with Gasteiger partial charge in [-0.3, -0.25) is 9.59 Å². The zero-order valence-corrected chi connectivity index (χ0v) is 27.2. The molecule has 0 bridgehead atoms. The number of hydrogen-bond donors (Lipinski definition) is 1. The van der Waals surface area contributed by atoms with E-state index >= 15 is 0 Å². The molecule has 0 saturated carbocycles. The minimum absolute atomic E-state index is 0.110. The zero-order chi connectivity index (χ0) is 29.7. The van der Waals surface area contributed by atoms with Crippen molar-refractivity contribution in [2.24, 2.45) is 11.8 Å². The summed E-state index contributed by atoms with van der Waals surface area (Å²) in [7, 11) is 0. The number of carbonyl (C=O) groups is 2. The summed E-state index contributed by atoms with van der Waals surface area (Å²) in [5.41, 5.74) is 0. The van der Waals surface area contributed by atoms with Crippen molar-refractivity contribution in [2.45, 2.75) is 188 Å². The van der Waals surface area contributed by atoms with Crippen molar-refractivity contribution < 1.29 is 24.2 Å². The Labute approximate surface area is 248 Å². The minimum atomic E-state index is -0.955. The zero-order valence-electron chi connectivity index (χ0n) is 27.2. The molecule has 0 heterocycles. The first kappa shape index (κ1) is 38.9. The average molecular weight is 569 g/mol. The molecule has 0 aliphatic rings. The average Bonchev–Trinajstić information content (AvgIpc) is 2.95. The number of unbranched alkanes of at least 4 members (excludes halogenated alkanes) is 16. The number of esters is 2. The third kappa shape index (κ3) is 28.4. The van der Waals surface area contributed by atoms with Gasteiger partial charge in [-0.25, -0.2) is 0 Å². The number of ether oxygens (including phenoxy) is 2. The number of rotatable bonds is 30. The van der Waals surface area contributed by atoms with Gasteiger partial charge >= 0.3 is 11.9 Å². The van der Waals surface area contributed by atoms with Crippen LogP contribution in [0.5, 0.6) is 0 Å². The molecule has 0 rings (SSSR count). The first-order valence-corrected chi connectivity index (χ1v) is 17.4. The van der Waals surface area contributed by atoms with E-state index in [0.29, 0.717) is 12.8 Å². The van der Waals surface area contributed by atoms with Crippen LogP contribution in [0.4, 0.5) is 0 Å². The molecule has 0 fully saturated rings.